The SMILES string of the molecule is N#Cc1cc(C#N)n[c]n1. The molecule has 0 N–H and O–H groups in total. The van der Waals surface area contributed by atoms with Gasteiger partial charge in [0, 0.05) is 6.07 Å². The summed E-state index contributed by atoms with van der Waals surface area (Å²) in [5.74, 6) is 0. The van der Waals surface area contributed by atoms with Crippen LogP contribution in [0, 0.1) is 29.0 Å². The predicted octanol–water partition coefficient (Wildman–Crippen LogP) is 0.0201. The third-order valence-corrected chi connectivity index (χ3v) is 0.843. The first-order valence-corrected chi connectivity index (χ1v) is 2.42. The average molecular weight is 129 g/mol. The highest BCUT2D eigenvalue weighted by Crippen LogP contribution is 1.92. The van der Waals surface area contributed by atoms with E-state index in [0.717, 1.165) is 0 Å². The van der Waals surface area contributed by atoms with Gasteiger partial charge in [-0.2, -0.15) is 10.5 Å². The molecule has 4 nitrogen and oxygen atoms in total. The lowest BCUT2D eigenvalue weighted by atomic mass is 10.3. The molecule has 0 aliphatic carbocycles. The van der Waals surface area contributed by atoms with Crippen LogP contribution in [0.3, 0.4) is 0 Å². The second-order valence-corrected chi connectivity index (χ2v) is 1.46. The first-order chi connectivity index (χ1) is 4.86. The number of aromatic nitrogens is 2. The van der Waals surface area contributed by atoms with Gasteiger partial charge in [0.05, 0.1) is 0 Å². The Balaban J connectivity index is 3.17. The molecule has 0 atom stereocenters. The Kier molecular flexibility index (Phi) is 1.58. The Morgan fingerprint density at radius 3 is 2.10 bits per heavy atom. The molecule has 0 aliphatic heterocycles. The van der Waals surface area contributed by atoms with Crippen LogP contribution in [0.25, 0.3) is 0 Å². The van der Waals surface area contributed by atoms with Crippen molar-refractivity contribution in [1.82, 2.24) is 9.97 Å². The molecule has 1 heterocycles. The molecule has 0 aliphatic rings. The summed E-state index contributed by atoms with van der Waals surface area (Å²) in [4.78, 5) is 6.92. The quantitative estimate of drug-likeness (QED) is 0.495. The molecule has 1 aromatic rings. The van der Waals surface area contributed by atoms with E-state index >= 15 is 0 Å². The smallest absolute Gasteiger partial charge is 0.200 e. The summed E-state index contributed by atoms with van der Waals surface area (Å²) in [7, 11) is 0. The Morgan fingerprint density at radius 1 is 1.20 bits per heavy atom. The van der Waals surface area contributed by atoms with E-state index in [9.17, 15) is 0 Å². The van der Waals surface area contributed by atoms with Crippen LogP contribution in [-0.2, 0) is 0 Å². The third kappa shape index (κ3) is 1.07. The number of nitrogens with zero attached hydrogens (tertiary/aromatic N) is 4. The zero-order chi connectivity index (χ0) is 7.40. The second-order valence-electron chi connectivity index (χ2n) is 1.46. The summed E-state index contributed by atoms with van der Waals surface area (Å²) in [6.45, 7) is 0. The average Bonchev–Trinajstić information content (AvgIpc) is 2.05. The first kappa shape index (κ1) is 6.18. The van der Waals surface area contributed by atoms with Crippen molar-refractivity contribution in [1.29, 1.82) is 10.5 Å². The minimum atomic E-state index is 0.159. The van der Waals surface area contributed by atoms with Crippen LogP contribution < -0.4 is 0 Å². The van der Waals surface area contributed by atoms with Crippen molar-refractivity contribution < 1.29 is 0 Å². The summed E-state index contributed by atoms with van der Waals surface area (Å²) in [5.41, 5.74) is 0.318. The summed E-state index contributed by atoms with van der Waals surface area (Å²) >= 11 is 0. The molecular weight excluding hydrogens is 128 g/mol. The van der Waals surface area contributed by atoms with Crippen LogP contribution in [-0.4, -0.2) is 9.97 Å². The van der Waals surface area contributed by atoms with E-state index in [1.54, 1.807) is 12.1 Å². The fraction of sp³-hybridized carbons (Fsp3) is 0. The molecule has 0 amide bonds. The van der Waals surface area contributed by atoms with Gasteiger partial charge in [-0.15, -0.1) is 0 Å². The molecule has 0 fully saturated rings. The highest BCUT2D eigenvalue weighted by molar-refractivity contribution is 5.27. The van der Waals surface area contributed by atoms with Crippen molar-refractivity contribution in [2.75, 3.05) is 0 Å². The number of nitriles is 2. The van der Waals surface area contributed by atoms with Gasteiger partial charge in [-0.05, 0) is 0 Å². The highest BCUT2D eigenvalue weighted by Gasteiger charge is 1.94. The number of hydrogen-bond acceptors (Lipinski definition) is 4. The monoisotopic (exact) mass is 129 g/mol. The van der Waals surface area contributed by atoms with Crippen molar-refractivity contribution >= 4 is 0 Å². The van der Waals surface area contributed by atoms with E-state index in [4.69, 9.17) is 10.5 Å². The van der Waals surface area contributed by atoms with Crippen LogP contribution in [0.1, 0.15) is 11.4 Å². The van der Waals surface area contributed by atoms with Gasteiger partial charge in [0.2, 0.25) is 0 Å². The fourth-order valence-corrected chi connectivity index (χ4v) is 0.441. The van der Waals surface area contributed by atoms with Crippen LogP contribution in [0.2, 0.25) is 0 Å². The molecular formula is C6HN4. The van der Waals surface area contributed by atoms with Crippen LogP contribution in [0.5, 0.6) is 0 Å². The molecule has 0 saturated carbocycles. The normalized spacial score (nSPS) is 7.80. The van der Waals surface area contributed by atoms with Crippen LogP contribution >= 0.6 is 0 Å². The van der Waals surface area contributed by atoms with Gasteiger partial charge >= 0.3 is 0 Å². The lowest BCUT2D eigenvalue weighted by molar-refractivity contribution is 1.10. The predicted molar refractivity (Wildman–Crippen MR) is 30.3 cm³/mol. The van der Waals surface area contributed by atoms with Gasteiger partial charge < -0.3 is 0 Å². The third-order valence-electron chi connectivity index (χ3n) is 0.843. The maximum absolute atomic E-state index is 8.29. The molecule has 0 saturated heterocycles. The molecule has 45 valence electrons. The van der Waals surface area contributed by atoms with Crippen LogP contribution in [0.15, 0.2) is 6.07 Å². The van der Waals surface area contributed by atoms with Crippen molar-refractivity contribution in [2.45, 2.75) is 0 Å². The first-order valence-electron chi connectivity index (χ1n) is 2.42. The molecule has 0 bridgehead atoms. The van der Waals surface area contributed by atoms with Crippen molar-refractivity contribution in [3.63, 3.8) is 0 Å². The fourth-order valence-electron chi connectivity index (χ4n) is 0.441. The van der Waals surface area contributed by atoms with Crippen molar-refractivity contribution in [3.05, 3.63) is 23.8 Å². The second kappa shape index (κ2) is 2.56. The van der Waals surface area contributed by atoms with Gasteiger partial charge in [-0.25, -0.2) is 9.97 Å². The standard InChI is InChI=1S/C6HN4/c7-2-5-1-6(3-8)10-4-9-5/h1H. The summed E-state index contributed by atoms with van der Waals surface area (Å²) in [5, 5.41) is 16.6. The zero-order valence-electron chi connectivity index (χ0n) is 4.87. The molecule has 10 heavy (non-hydrogen) atoms. The Hall–Kier alpha value is -1.94. The molecule has 0 spiro atoms. The Labute approximate surface area is 57.4 Å². The van der Waals surface area contributed by atoms with Gasteiger partial charge in [0.15, 0.2) is 6.33 Å². The maximum atomic E-state index is 8.29. The van der Waals surface area contributed by atoms with Crippen molar-refractivity contribution in [3.8, 4) is 12.1 Å². The van der Waals surface area contributed by atoms with Gasteiger partial charge in [0.1, 0.15) is 23.5 Å². The largest absolute Gasteiger partial charge is 0.214 e. The number of hydrogen-bond donors (Lipinski definition) is 0. The van der Waals surface area contributed by atoms with Gasteiger partial charge in [-0.1, -0.05) is 0 Å². The molecule has 0 aromatic carbocycles. The molecule has 4 heteroatoms. The zero-order valence-corrected chi connectivity index (χ0v) is 4.87. The van der Waals surface area contributed by atoms with E-state index in [0.29, 0.717) is 0 Å². The lowest BCUT2D eigenvalue weighted by Gasteiger charge is -1.83. The van der Waals surface area contributed by atoms with E-state index in [2.05, 4.69) is 16.3 Å². The van der Waals surface area contributed by atoms with Crippen molar-refractivity contribution in [2.24, 2.45) is 0 Å². The van der Waals surface area contributed by atoms with E-state index in [-0.39, 0.29) is 11.4 Å². The molecule has 0 unspecified atom stereocenters. The number of rotatable bonds is 0. The Morgan fingerprint density at radius 2 is 1.70 bits per heavy atom. The topological polar surface area (TPSA) is 73.4 Å². The highest BCUT2D eigenvalue weighted by atomic mass is 14.8. The van der Waals surface area contributed by atoms with Gasteiger partial charge in [0.25, 0.3) is 0 Å². The Bertz CT molecular complexity index is 288. The van der Waals surface area contributed by atoms with Gasteiger partial charge in [-0.3, -0.25) is 0 Å². The van der Waals surface area contributed by atoms with E-state index in [1.807, 2.05) is 0 Å². The minimum Gasteiger partial charge on any atom is -0.214 e. The summed E-state index contributed by atoms with van der Waals surface area (Å²) in [6, 6.07) is 4.84. The maximum Gasteiger partial charge on any atom is 0.200 e. The lowest BCUT2D eigenvalue weighted by Crippen LogP contribution is -1.87. The summed E-state index contributed by atoms with van der Waals surface area (Å²) in [6.07, 6.45) is 2.19. The van der Waals surface area contributed by atoms with E-state index < -0.39 is 0 Å². The molecule has 1 radical (unpaired) electrons. The minimum absolute atomic E-state index is 0.159. The summed E-state index contributed by atoms with van der Waals surface area (Å²) < 4.78 is 0. The molecule has 1 aromatic heterocycles. The molecule has 1 rings (SSSR count). The van der Waals surface area contributed by atoms with E-state index in [1.165, 1.54) is 6.07 Å². The van der Waals surface area contributed by atoms with Crippen LogP contribution in [0.4, 0.5) is 0 Å².